The molecule has 0 atom stereocenters. The van der Waals surface area contributed by atoms with Gasteiger partial charge in [-0.05, 0) is 31.2 Å². The number of ether oxygens (including phenoxy) is 1. The van der Waals surface area contributed by atoms with Gasteiger partial charge in [0.25, 0.3) is 0 Å². The molecule has 0 fully saturated rings. The van der Waals surface area contributed by atoms with E-state index in [1.54, 1.807) is 25.1 Å². The molecule has 0 aliphatic carbocycles. The number of aromatic hydroxyl groups is 2. The van der Waals surface area contributed by atoms with Crippen molar-refractivity contribution in [3.05, 3.63) is 71.8 Å². The second-order valence-corrected chi connectivity index (χ2v) is 4.73. The lowest BCUT2D eigenvalue weighted by molar-refractivity contribution is 0.0545. The quantitative estimate of drug-likeness (QED) is 0.588. The van der Waals surface area contributed by atoms with Crippen LogP contribution >= 0.6 is 0 Å². The molecule has 2 aromatic carbocycles. The van der Waals surface area contributed by atoms with E-state index in [1.807, 2.05) is 0 Å². The smallest absolute Gasteiger partial charge is 0.342 e. The van der Waals surface area contributed by atoms with Gasteiger partial charge in [0.1, 0.15) is 29.2 Å². The number of hydrogen-bond donors (Lipinski definition) is 3. The summed E-state index contributed by atoms with van der Waals surface area (Å²) >= 11 is 0. The summed E-state index contributed by atoms with van der Waals surface area (Å²) in [5.41, 5.74) is 0.939. The lowest BCUT2D eigenvalue weighted by Crippen LogP contribution is -2.04. The minimum atomic E-state index is -1.11. The number of phenolic OH excluding ortho intramolecular Hbond substituents is 1. The first-order chi connectivity index (χ1) is 11.4. The Kier molecular flexibility index (Phi) is 7.03. The number of rotatable bonds is 4. The first-order valence-electron chi connectivity index (χ1n) is 6.95. The molecule has 6 heteroatoms. The van der Waals surface area contributed by atoms with Crippen LogP contribution in [0.3, 0.4) is 0 Å². The second-order valence-electron chi connectivity index (χ2n) is 4.73. The molecule has 126 valence electrons. The van der Waals surface area contributed by atoms with Crippen molar-refractivity contribution in [3.63, 3.8) is 0 Å². The highest BCUT2D eigenvalue weighted by Gasteiger charge is 2.10. The van der Waals surface area contributed by atoms with Crippen LogP contribution in [-0.2, 0) is 4.74 Å². The van der Waals surface area contributed by atoms with Crippen molar-refractivity contribution < 1.29 is 29.6 Å². The van der Waals surface area contributed by atoms with E-state index in [1.165, 1.54) is 30.3 Å². The Bertz CT molecular complexity index is 736. The van der Waals surface area contributed by atoms with Gasteiger partial charge in [-0.15, -0.1) is 0 Å². The molecule has 0 saturated heterocycles. The summed E-state index contributed by atoms with van der Waals surface area (Å²) in [4.78, 5) is 21.6. The van der Waals surface area contributed by atoms with Crippen molar-refractivity contribution >= 4 is 11.9 Å². The minimum Gasteiger partial charge on any atom is -0.507 e. The number of carbonyl (C=O) groups is 2. The van der Waals surface area contributed by atoms with Gasteiger partial charge < -0.3 is 20.1 Å². The lowest BCUT2D eigenvalue weighted by Gasteiger charge is -2.02. The second kappa shape index (κ2) is 8.99. The average molecular weight is 330 g/mol. The fourth-order valence-corrected chi connectivity index (χ4v) is 1.68. The van der Waals surface area contributed by atoms with Crippen LogP contribution in [0.4, 0.5) is 0 Å². The SMILES string of the molecule is C=CCOC(=O)c1ccccc1O.Cc1ccc(O)c(C(=O)O)c1. The fraction of sp³-hybridized carbons (Fsp3) is 0.111. The normalized spacial score (nSPS) is 9.38. The van der Waals surface area contributed by atoms with Crippen LogP contribution in [0, 0.1) is 6.92 Å². The molecule has 0 heterocycles. The standard InChI is InChI=1S/C10H10O3.C8H8O3/c1-2-7-13-10(12)8-5-3-4-6-9(8)11;1-5-2-3-7(9)6(4-5)8(10)11/h2-6,11H,1,7H2;2-4,9H,1H3,(H,10,11). The summed E-state index contributed by atoms with van der Waals surface area (Å²) in [6, 6.07) is 10.7. The monoisotopic (exact) mass is 330 g/mol. The van der Waals surface area contributed by atoms with E-state index < -0.39 is 11.9 Å². The van der Waals surface area contributed by atoms with Gasteiger partial charge in [0.05, 0.1) is 0 Å². The third-order valence-electron chi connectivity index (χ3n) is 2.84. The maximum Gasteiger partial charge on any atom is 0.342 e. The number of benzene rings is 2. The summed E-state index contributed by atoms with van der Waals surface area (Å²) < 4.78 is 4.74. The Morgan fingerprint density at radius 2 is 1.71 bits per heavy atom. The van der Waals surface area contributed by atoms with Gasteiger partial charge in [-0.2, -0.15) is 0 Å². The Morgan fingerprint density at radius 3 is 2.25 bits per heavy atom. The first kappa shape index (κ1) is 18.8. The maximum absolute atomic E-state index is 11.2. The van der Waals surface area contributed by atoms with Crippen molar-refractivity contribution in [3.8, 4) is 11.5 Å². The van der Waals surface area contributed by atoms with E-state index in [-0.39, 0.29) is 29.2 Å². The molecule has 6 nitrogen and oxygen atoms in total. The van der Waals surface area contributed by atoms with E-state index in [9.17, 15) is 14.7 Å². The highest BCUT2D eigenvalue weighted by Crippen LogP contribution is 2.17. The van der Waals surface area contributed by atoms with E-state index >= 15 is 0 Å². The van der Waals surface area contributed by atoms with Crippen molar-refractivity contribution in [2.75, 3.05) is 6.61 Å². The van der Waals surface area contributed by atoms with Gasteiger partial charge in [0.2, 0.25) is 0 Å². The molecule has 0 radical (unpaired) electrons. The van der Waals surface area contributed by atoms with Crippen LogP contribution in [0.5, 0.6) is 11.5 Å². The predicted octanol–water partition coefficient (Wildman–Crippen LogP) is 3.13. The van der Waals surface area contributed by atoms with E-state index in [4.69, 9.17) is 14.9 Å². The van der Waals surface area contributed by atoms with Crippen LogP contribution in [0.15, 0.2) is 55.1 Å². The molecule has 2 rings (SSSR count). The Morgan fingerprint density at radius 1 is 1.08 bits per heavy atom. The number of carboxylic acid groups (broad SMARTS) is 1. The van der Waals surface area contributed by atoms with Crippen molar-refractivity contribution in [2.24, 2.45) is 0 Å². The summed E-state index contributed by atoms with van der Waals surface area (Å²) in [5, 5.41) is 26.8. The molecule has 2 aromatic rings. The largest absolute Gasteiger partial charge is 0.507 e. The van der Waals surface area contributed by atoms with Crippen LogP contribution in [0.2, 0.25) is 0 Å². The van der Waals surface area contributed by atoms with E-state index in [2.05, 4.69) is 6.58 Å². The van der Waals surface area contributed by atoms with E-state index in [0.29, 0.717) is 0 Å². The van der Waals surface area contributed by atoms with Gasteiger partial charge in [-0.3, -0.25) is 0 Å². The number of carbonyl (C=O) groups excluding carboxylic acids is 1. The lowest BCUT2D eigenvalue weighted by atomic mass is 10.1. The van der Waals surface area contributed by atoms with Gasteiger partial charge in [0, 0.05) is 0 Å². The average Bonchev–Trinajstić information content (AvgIpc) is 2.55. The molecule has 0 aliphatic heterocycles. The third-order valence-corrected chi connectivity index (χ3v) is 2.84. The number of esters is 1. The zero-order valence-electron chi connectivity index (χ0n) is 13.1. The van der Waals surface area contributed by atoms with Gasteiger partial charge in [-0.25, -0.2) is 9.59 Å². The number of hydrogen-bond acceptors (Lipinski definition) is 5. The summed E-state index contributed by atoms with van der Waals surface area (Å²) in [5.74, 6) is -1.91. The third kappa shape index (κ3) is 5.49. The number of phenols is 2. The summed E-state index contributed by atoms with van der Waals surface area (Å²) in [6.07, 6.45) is 1.47. The maximum atomic E-state index is 11.2. The molecule has 0 saturated carbocycles. The molecule has 0 aromatic heterocycles. The molecule has 0 spiro atoms. The van der Waals surface area contributed by atoms with Crippen LogP contribution in [0.25, 0.3) is 0 Å². The van der Waals surface area contributed by atoms with Crippen LogP contribution in [-0.4, -0.2) is 33.9 Å². The number of aromatic carboxylic acids is 1. The molecule has 24 heavy (non-hydrogen) atoms. The molecular formula is C18H18O6. The Labute approximate surface area is 139 Å². The van der Waals surface area contributed by atoms with Crippen molar-refractivity contribution in [1.82, 2.24) is 0 Å². The topological polar surface area (TPSA) is 104 Å². The predicted molar refractivity (Wildman–Crippen MR) is 88.4 cm³/mol. The highest BCUT2D eigenvalue weighted by molar-refractivity contribution is 5.92. The molecule has 0 aliphatic rings. The Hall–Kier alpha value is -3.28. The zero-order valence-corrected chi connectivity index (χ0v) is 13.1. The van der Waals surface area contributed by atoms with Crippen LogP contribution in [0.1, 0.15) is 26.3 Å². The fourth-order valence-electron chi connectivity index (χ4n) is 1.68. The van der Waals surface area contributed by atoms with E-state index in [0.717, 1.165) is 5.56 Å². The van der Waals surface area contributed by atoms with Gasteiger partial charge in [-0.1, -0.05) is 36.4 Å². The number of aryl methyl sites for hydroxylation is 1. The van der Waals surface area contributed by atoms with Crippen molar-refractivity contribution in [2.45, 2.75) is 6.92 Å². The van der Waals surface area contributed by atoms with Gasteiger partial charge in [0.15, 0.2) is 0 Å². The molecule has 3 N–H and O–H groups in total. The zero-order chi connectivity index (χ0) is 18.1. The first-order valence-corrected chi connectivity index (χ1v) is 6.95. The molecular weight excluding hydrogens is 312 g/mol. The minimum absolute atomic E-state index is 0.0509. The van der Waals surface area contributed by atoms with Crippen molar-refractivity contribution in [1.29, 1.82) is 0 Å². The Balaban J connectivity index is 0.000000243. The molecule has 0 bridgehead atoms. The molecule has 0 amide bonds. The summed E-state index contributed by atoms with van der Waals surface area (Å²) in [6.45, 7) is 5.32. The number of para-hydroxylation sites is 1. The van der Waals surface area contributed by atoms with Crippen LogP contribution < -0.4 is 0 Å². The van der Waals surface area contributed by atoms with Gasteiger partial charge >= 0.3 is 11.9 Å². The summed E-state index contributed by atoms with van der Waals surface area (Å²) in [7, 11) is 0. The molecule has 0 unspecified atom stereocenters. The highest BCUT2D eigenvalue weighted by atomic mass is 16.5. The number of carboxylic acids is 1.